The normalized spacial score (nSPS) is 28.6. The number of thiazole rings is 1. The summed E-state index contributed by atoms with van der Waals surface area (Å²) in [5.41, 5.74) is 2.55. The Bertz CT molecular complexity index is 1860. The first-order valence-electron chi connectivity index (χ1n) is 14.0. The van der Waals surface area contributed by atoms with Gasteiger partial charge in [0.15, 0.2) is 0 Å². The van der Waals surface area contributed by atoms with Gasteiger partial charge in [0, 0.05) is 35.6 Å². The van der Waals surface area contributed by atoms with Crippen LogP contribution in [0.15, 0.2) is 85.5 Å². The van der Waals surface area contributed by atoms with Gasteiger partial charge in [0.25, 0.3) is 0 Å². The molecule has 2 amide bonds. The van der Waals surface area contributed by atoms with Crippen molar-refractivity contribution in [3.63, 3.8) is 0 Å². The van der Waals surface area contributed by atoms with E-state index in [1.165, 1.54) is 16.2 Å². The highest BCUT2D eigenvalue weighted by atomic mass is 79.9. The van der Waals surface area contributed by atoms with E-state index in [0.29, 0.717) is 17.3 Å². The monoisotopic (exact) mass is 756 g/mol. The number of rotatable bonds is 5. The summed E-state index contributed by atoms with van der Waals surface area (Å²) in [6.07, 6.45) is 0.825. The lowest BCUT2D eigenvalue weighted by molar-refractivity contribution is -0.123. The van der Waals surface area contributed by atoms with Gasteiger partial charge in [0.05, 0.1) is 22.5 Å². The molecule has 3 fully saturated rings. The number of ether oxygens (including phenoxy) is 1. The van der Waals surface area contributed by atoms with E-state index in [9.17, 15) is 14.4 Å². The maximum atomic E-state index is 14.0. The number of nitrogens with zero attached hydrogens (tertiary/aromatic N) is 1. The maximum absolute atomic E-state index is 14.0. The number of H-pyrrole nitrogens is 1. The topological polar surface area (TPSA) is 79.5 Å². The Hall–Kier alpha value is -2.37. The second-order valence-corrected chi connectivity index (χ2v) is 16.0. The van der Waals surface area contributed by atoms with Crippen LogP contribution in [0, 0.1) is 29.6 Å². The molecule has 7 atom stereocenters. The molecule has 1 N–H and O–H groups in total. The minimum atomic E-state index is -0.370. The number of benzene rings is 3. The highest BCUT2D eigenvalue weighted by Crippen LogP contribution is 2.69. The summed E-state index contributed by atoms with van der Waals surface area (Å²) in [6.45, 7) is 0.340. The van der Waals surface area contributed by atoms with Crippen molar-refractivity contribution in [2.75, 3.05) is 4.90 Å². The minimum absolute atomic E-state index is 0.0134. The number of halogens is 3. The molecule has 4 aliphatic rings. The molecule has 0 radical (unpaired) electrons. The molecular weight excluding hydrogens is 736 g/mol. The molecule has 0 unspecified atom stereocenters. The van der Waals surface area contributed by atoms with Crippen molar-refractivity contribution in [3.8, 4) is 5.75 Å². The number of fused-ring (bicyclic) bond motifs is 9. The standard InChI is InChI=1S/C32H23Br2ClN2O4S2/c33-15-4-7-18(8-5-15)37-30(38)25-20-12-21(26(25)31(37)39)27-24(20)23(28-29(42-27)36-32(40)43-28)19-11-16(34)6-9-22(19)41-13-14-2-1-3-17(35)10-14/h1-11,20-21,23-27H,12-13H2,(H,36,40)/t20-,21-,23+,24+,25+,26+,27-/m1/s1. The molecule has 3 aromatic carbocycles. The summed E-state index contributed by atoms with van der Waals surface area (Å²) in [7, 11) is 0. The van der Waals surface area contributed by atoms with Crippen molar-refractivity contribution in [1.82, 2.24) is 4.98 Å². The highest BCUT2D eigenvalue weighted by molar-refractivity contribution is 9.10. The number of carbonyl (C=O) groups is 2. The number of thioether (sulfide) groups is 1. The predicted molar refractivity (Wildman–Crippen MR) is 175 cm³/mol. The number of hydrogen-bond acceptors (Lipinski definition) is 6. The van der Waals surface area contributed by atoms with E-state index >= 15 is 0 Å². The molecule has 43 heavy (non-hydrogen) atoms. The smallest absolute Gasteiger partial charge is 0.305 e. The lowest BCUT2D eigenvalue weighted by Crippen LogP contribution is -2.42. The Morgan fingerprint density at radius 2 is 1.67 bits per heavy atom. The molecule has 8 rings (SSSR count). The van der Waals surface area contributed by atoms with Crippen molar-refractivity contribution < 1.29 is 14.3 Å². The molecule has 2 aliphatic heterocycles. The summed E-state index contributed by atoms with van der Waals surface area (Å²) in [6, 6.07) is 21.0. The minimum Gasteiger partial charge on any atom is -0.489 e. The Morgan fingerprint density at radius 1 is 0.930 bits per heavy atom. The van der Waals surface area contributed by atoms with Crippen LogP contribution in [-0.2, 0) is 16.2 Å². The molecule has 6 nitrogen and oxygen atoms in total. The Balaban J connectivity index is 1.20. The summed E-state index contributed by atoms with van der Waals surface area (Å²) in [5, 5.41) is 1.61. The van der Waals surface area contributed by atoms with Crippen molar-refractivity contribution in [2.45, 2.75) is 29.2 Å². The average molecular weight is 759 g/mol. The summed E-state index contributed by atoms with van der Waals surface area (Å²) < 4.78 is 8.24. The van der Waals surface area contributed by atoms with Crippen molar-refractivity contribution in [1.29, 1.82) is 0 Å². The largest absolute Gasteiger partial charge is 0.489 e. The predicted octanol–water partition coefficient (Wildman–Crippen LogP) is 7.87. The quantitative estimate of drug-likeness (QED) is 0.210. The van der Waals surface area contributed by atoms with Gasteiger partial charge in [-0.25, -0.2) is 0 Å². The Morgan fingerprint density at radius 3 is 2.44 bits per heavy atom. The van der Waals surface area contributed by atoms with Gasteiger partial charge >= 0.3 is 4.87 Å². The first kappa shape index (κ1) is 28.1. The van der Waals surface area contributed by atoms with Gasteiger partial charge in [-0.2, -0.15) is 0 Å². The zero-order valence-electron chi connectivity index (χ0n) is 22.3. The fourth-order valence-electron chi connectivity index (χ4n) is 7.89. The van der Waals surface area contributed by atoms with Crippen molar-refractivity contribution >= 4 is 84.1 Å². The highest BCUT2D eigenvalue weighted by Gasteiger charge is 2.69. The maximum Gasteiger partial charge on any atom is 0.305 e. The fraction of sp³-hybridized carbons (Fsp3) is 0.281. The van der Waals surface area contributed by atoms with E-state index in [-0.39, 0.29) is 57.4 Å². The number of anilines is 1. The number of hydrogen-bond donors (Lipinski definition) is 1. The van der Waals surface area contributed by atoms with Crippen molar-refractivity contribution in [3.05, 3.63) is 106 Å². The average Bonchev–Trinajstić information content (AvgIpc) is 3.72. The molecule has 2 saturated carbocycles. The van der Waals surface area contributed by atoms with Crippen LogP contribution in [0.2, 0.25) is 5.02 Å². The molecule has 4 aromatic rings. The van der Waals surface area contributed by atoms with Gasteiger partial charge in [0.1, 0.15) is 12.4 Å². The molecule has 1 saturated heterocycles. The van der Waals surface area contributed by atoms with Crippen LogP contribution in [0.1, 0.15) is 28.3 Å². The van der Waals surface area contributed by atoms with E-state index in [2.05, 4.69) is 42.9 Å². The zero-order valence-corrected chi connectivity index (χ0v) is 27.9. The second kappa shape index (κ2) is 10.6. The first-order valence-corrected chi connectivity index (χ1v) is 17.6. The van der Waals surface area contributed by atoms with E-state index in [1.54, 1.807) is 11.8 Å². The third kappa shape index (κ3) is 4.50. The van der Waals surface area contributed by atoms with Crippen LogP contribution in [0.25, 0.3) is 0 Å². The second-order valence-electron chi connectivity index (χ2n) is 11.5. The number of amides is 2. The molecule has 2 aliphatic carbocycles. The molecule has 2 bridgehead atoms. The van der Waals surface area contributed by atoms with Crippen LogP contribution < -0.4 is 14.5 Å². The molecule has 11 heteroatoms. The van der Waals surface area contributed by atoms with Crippen LogP contribution in [-0.4, -0.2) is 22.0 Å². The third-order valence-corrected chi connectivity index (χ3v) is 13.2. The summed E-state index contributed by atoms with van der Waals surface area (Å²) in [5.74, 6) is -0.213. The van der Waals surface area contributed by atoms with E-state index in [4.69, 9.17) is 16.3 Å². The third-order valence-electron chi connectivity index (χ3n) is 9.40. The van der Waals surface area contributed by atoms with Gasteiger partial charge in [-0.1, -0.05) is 66.9 Å². The number of nitrogens with one attached hydrogen (secondary N) is 1. The molecule has 0 spiro atoms. The molecule has 3 heterocycles. The Kier molecular flexibility index (Phi) is 6.95. The van der Waals surface area contributed by atoms with E-state index < -0.39 is 0 Å². The van der Waals surface area contributed by atoms with Crippen LogP contribution in [0.4, 0.5) is 5.69 Å². The molecule has 1 aromatic heterocycles. The summed E-state index contributed by atoms with van der Waals surface area (Å²) >= 11 is 16.3. The van der Waals surface area contributed by atoms with Crippen LogP contribution >= 0.6 is 66.6 Å². The van der Waals surface area contributed by atoms with E-state index in [1.807, 2.05) is 60.7 Å². The van der Waals surface area contributed by atoms with Gasteiger partial charge < -0.3 is 9.72 Å². The van der Waals surface area contributed by atoms with Crippen LogP contribution in [0.3, 0.4) is 0 Å². The number of aromatic amines is 1. The number of imide groups is 1. The van der Waals surface area contributed by atoms with Crippen LogP contribution in [0.5, 0.6) is 5.75 Å². The van der Waals surface area contributed by atoms with E-state index in [0.717, 1.165) is 42.1 Å². The van der Waals surface area contributed by atoms with Crippen molar-refractivity contribution in [2.24, 2.45) is 29.6 Å². The SMILES string of the molecule is O=C1[C@H]2[C@H]3C[C@@H]([C@@H]2C(=O)N1c1ccc(Br)cc1)[C@H]1[C@H](c2cc(Br)ccc2OCc2cccc(Cl)c2)c2sc(=O)[nH]c2S[C@H]31. The van der Waals surface area contributed by atoms with Gasteiger partial charge in [-0.3, -0.25) is 19.3 Å². The fourth-order valence-corrected chi connectivity index (χ4v) is 11.6. The first-order chi connectivity index (χ1) is 20.8. The lowest BCUT2D eigenvalue weighted by atomic mass is 9.68. The number of aromatic nitrogens is 1. The number of carbonyl (C=O) groups excluding carboxylic acids is 2. The van der Waals surface area contributed by atoms with Gasteiger partial charge in [-0.05, 0) is 84.3 Å². The zero-order chi connectivity index (χ0) is 29.6. The van der Waals surface area contributed by atoms with Gasteiger partial charge in [-0.15, -0.1) is 11.8 Å². The lowest BCUT2D eigenvalue weighted by Gasteiger charge is -2.43. The summed E-state index contributed by atoms with van der Waals surface area (Å²) in [4.78, 5) is 46.0. The Labute approximate surface area is 277 Å². The molecule has 218 valence electrons. The molecular formula is C32H23Br2ClN2O4S2. The van der Waals surface area contributed by atoms with Gasteiger partial charge in [0.2, 0.25) is 11.8 Å².